The maximum atomic E-state index is 14.0. The van der Waals surface area contributed by atoms with E-state index in [1.54, 1.807) is 12.1 Å². The van der Waals surface area contributed by atoms with Crippen molar-refractivity contribution in [2.75, 3.05) is 82.8 Å². The summed E-state index contributed by atoms with van der Waals surface area (Å²) < 4.78 is 39.6. The zero-order chi connectivity index (χ0) is 28.6. The fourth-order valence-corrected chi connectivity index (χ4v) is 6.11. The lowest BCUT2D eigenvalue weighted by molar-refractivity contribution is -0.384. The lowest BCUT2D eigenvalue weighted by Crippen LogP contribution is -2.62. The molecule has 0 spiro atoms. The number of halogens is 3. The van der Waals surface area contributed by atoms with Crippen LogP contribution in [-0.2, 0) is 17.4 Å². The van der Waals surface area contributed by atoms with Crippen LogP contribution < -0.4 is 9.80 Å². The summed E-state index contributed by atoms with van der Waals surface area (Å²) in [6.45, 7) is 5.79. The summed E-state index contributed by atoms with van der Waals surface area (Å²) in [5.41, 5.74) is 1.60. The van der Waals surface area contributed by atoms with Crippen LogP contribution in [0.25, 0.3) is 0 Å². The van der Waals surface area contributed by atoms with E-state index in [1.165, 1.54) is 12.1 Å². The van der Waals surface area contributed by atoms with Crippen LogP contribution in [0.4, 0.5) is 30.2 Å². The Hall–Kier alpha value is -3.38. The van der Waals surface area contributed by atoms with Crippen LogP contribution >= 0.6 is 0 Å². The van der Waals surface area contributed by atoms with Gasteiger partial charge in [-0.2, -0.15) is 13.2 Å². The number of non-ortho nitro benzene ring substituents is 1. The van der Waals surface area contributed by atoms with Gasteiger partial charge in [-0.05, 0) is 50.3 Å². The quantitative estimate of drug-likeness (QED) is 0.397. The Morgan fingerprint density at radius 1 is 1.05 bits per heavy atom. The third kappa shape index (κ3) is 5.87. The minimum Gasteiger partial charge on any atom is -0.368 e. The molecule has 0 aliphatic carbocycles. The maximum Gasteiger partial charge on any atom is 0.416 e. The van der Waals surface area contributed by atoms with Gasteiger partial charge in [0.25, 0.3) is 5.69 Å². The second-order valence-corrected chi connectivity index (χ2v) is 11.1. The van der Waals surface area contributed by atoms with Crippen LogP contribution in [0, 0.1) is 16.0 Å². The van der Waals surface area contributed by atoms with E-state index in [1.807, 2.05) is 30.0 Å². The number of hydrogen-bond donors (Lipinski definition) is 0. The van der Waals surface area contributed by atoms with Gasteiger partial charge < -0.3 is 19.6 Å². The van der Waals surface area contributed by atoms with Crippen molar-refractivity contribution >= 4 is 23.0 Å². The van der Waals surface area contributed by atoms with E-state index in [0.717, 1.165) is 56.1 Å². The molecule has 2 atom stereocenters. The number of anilines is 2. The summed E-state index contributed by atoms with van der Waals surface area (Å²) in [5, 5.41) is 11.5. The van der Waals surface area contributed by atoms with E-state index in [0.29, 0.717) is 38.3 Å². The predicted octanol–water partition coefficient (Wildman–Crippen LogP) is 3.19. The van der Waals surface area contributed by atoms with Gasteiger partial charge in [0.15, 0.2) is 0 Å². The van der Waals surface area contributed by atoms with Gasteiger partial charge in [-0.15, -0.1) is 0 Å². The Morgan fingerprint density at radius 2 is 1.80 bits per heavy atom. The highest BCUT2D eigenvalue weighted by Gasteiger charge is 2.43. The van der Waals surface area contributed by atoms with E-state index in [2.05, 4.69) is 14.7 Å². The molecule has 5 rings (SSSR count). The monoisotopic (exact) mass is 560 g/mol. The van der Waals surface area contributed by atoms with Crippen LogP contribution in [0.5, 0.6) is 0 Å². The summed E-state index contributed by atoms with van der Waals surface area (Å²) >= 11 is 0. The standard InChI is InChI=1S/C28H35F3N6O3/c1-32(2)8-9-33-10-15-36-25-7-6-23(37(39)40)16-20(25)17-24(26(36)19-33)27(38)35-13-11-34(12-14-35)22-5-3-4-21(18-22)28(29,30)31/h3-7,16,18,24,26H,8-15,17,19H2,1-2H3. The number of likely N-dealkylation sites (N-methyl/N-ethyl adjacent to an activating group) is 1. The Kier molecular flexibility index (Phi) is 7.92. The van der Waals surface area contributed by atoms with E-state index >= 15 is 0 Å². The molecular formula is C28H35F3N6O3. The number of nitrogens with zero attached hydrogens (tertiary/aromatic N) is 6. The molecule has 2 aromatic carbocycles. The Bertz CT molecular complexity index is 1250. The minimum atomic E-state index is -4.41. The molecule has 216 valence electrons. The molecule has 9 nitrogen and oxygen atoms in total. The summed E-state index contributed by atoms with van der Waals surface area (Å²) in [7, 11) is 4.07. The summed E-state index contributed by atoms with van der Waals surface area (Å²) in [4.78, 5) is 35.5. The fourth-order valence-electron chi connectivity index (χ4n) is 6.11. The lowest BCUT2D eigenvalue weighted by atomic mass is 9.82. The number of carbonyl (C=O) groups excluding carboxylic acids is 1. The van der Waals surface area contributed by atoms with Crippen molar-refractivity contribution in [3.63, 3.8) is 0 Å². The molecule has 2 fully saturated rings. The molecule has 0 aromatic heterocycles. The van der Waals surface area contributed by atoms with Gasteiger partial charge in [0, 0.05) is 82.4 Å². The maximum absolute atomic E-state index is 14.0. The molecule has 1 amide bonds. The predicted molar refractivity (Wildman–Crippen MR) is 147 cm³/mol. The Labute approximate surface area is 231 Å². The molecule has 0 radical (unpaired) electrons. The molecule has 0 N–H and O–H groups in total. The van der Waals surface area contributed by atoms with Crippen LogP contribution in [0.15, 0.2) is 42.5 Å². The number of alkyl halides is 3. The first kappa shape index (κ1) is 28.2. The first-order chi connectivity index (χ1) is 19.0. The number of benzene rings is 2. The van der Waals surface area contributed by atoms with Gasteiger partial charge in [0.2, 0.25) is 5.91 Å². The number of nitro benzene ring substituents is 1. The summed E-state index contributed by atoms with van der Waals surface area (Å²) in [6, 6.07) is 10.2. The summed E-state index contributed by atoms with van der Waals surface area (Å²) in [5.74, 6) is -0.359. The number of carbonyl (C=O) groups is 1. The van der Waals surface area contributed by atoms with Crippen LogP contribution in [0.3, 0.4) is 0 Å². The number of piperazine rings is 2. The number of nitro groups is 1. The number of amides is 1. The number of fused-ring (bicyclic) bond motifs is 3. The van der Waals surface area contributed by atoms with E-state index < -0.39 is 16.7 Å². The normalized spacial score (nSPS) is 21.8. The molecule has 2 saturated heterocycles. The van der Waals surface area contributed by atoms with E-state index in [-0.39, 0.29) is 23.6 Å². The molecule has 3 heterocycles. The summed E-state index contributed by atoms with van der Waals surface area (Å²) in [6.07, 6.45) is -3.99. The van der Waals surface area contributed by atoms with Crippen molar-refractivity contribution in [2.45, 2.75) is 18.6 Å². The average molecular weight is 561 g/mol. The van der Waals surface area contributed by atoms with Crippen molar-refractivity contribution in [2.24, 2.45) is 5.92 Å². The van der Waals surface area contributed by atoms with Crippen LogP contribution in [0.2, 0.25) is 0 Å². The van der Waals surface area contributed by atoms with E-state index in [9.17, 15) is 28.1 Å². The molecule has 3 aliphatic heterocycles. The smallest absolute Gasteiger partial charge is 0.368 e. The fraction of sp³-hybridized carbons (Fsp3) is 0.536. The second kappa shape index (κ2) is 11.2. The third-order valence-electron chi connectivity index (χ3n) is 8.30. The Morgan fingerprint density at radius 3 is 2.48 bits per heavy atom. The molecule has 12 heteroatoms. The van der Waals surface area contributed by atoms with Gasteiger partial charge in [-0.25, -0.2) is 0 Å². The number of hydrogen-bond acceptors (Lipinski definition) is 7. The molecule has 3 aliphatic rings. The molecule has 2 unspecified atom stereocenters. The topological polar surface area (TPSA) is 76.4 Å². The van der Waals surface area contributed by atoms with Crippen molar-refractivity contribution in [3.8, 4) is 0 Å². The first-order valence-corrected chi connectivity index (χ1v) is 13.6. The van der Waals surface area contributed by atoms with Crippen molar-refractivity contribution in [1.29, 1.82) is 0 Å². The van der Waals surface area contributed by atoms with Gasteiger partial charge >= 0.3 is 6.18 Å². The zero-order valence-electron chi connectivity index (χ0n) is 22.8. The third-order valence-corrected chi connectivity index (χ3v) is 8.30. The van der Waals surface area contributed by atoms with Crippen LogP contribution in [-0.4, -0.2) is 105 Å². The van der Waals surface area contributed by atoms with Crippen molar-refractivity contribution in [1.82, 2.24) is 14.7 Å². The molecule has 0 bridgehead atoms. The molecule has 40 heavy (non-hydrogen) atoms. The highest BCUT2D eigenvalue weighted by atomic mass is 19.4. The second-order valence-electron chi connectivity index (χ2n) is 11.1. The lowest BCUT2D eigenvalue weighted by Gasteiger charge is -2.50. The first-order valence-electron chi connectivity index (χ1n) is 13.6. The molecular weight excluding hydrogens is 525 g/mol. The average Bonchev–Trinajstić information content (AvgIpc) is 2.94. The van der Waals surface area contributed by atoms with Crippen LogP contribution in [0.1, 0.15) is 11.1 Å². The van der Waals surface area contributed by atoms with Gasteiger partial charge in [0.05, 0.1) is 22.4 Å². The van der Waals surface area contributed by atoms with E-state index in [4.69, 9.17) is 0 Å². The van der Waals surface area contributed by atoms with Crippen molar-refractivity contribution in [3.05, 3.63) is 63.7 Å². The van der Waals surface area contributed by atoms with Gasteiger partial charge in [-0.3, -0.25) is 19.8 Å². The van der Waals surface area contributed by atoms with Crippen molar-refractivity contribution < 1.29 is 22.9 Å². The largest absolute Gasteiger partial charge is 0.416 e. The van der Waals surface area contributed by atoms with Gasteiger partial charge in [0.1, 0.15) is 0 Å². The number of rotatable bonds is 6. The minimum absolute atomic E-state index is 0.00491. The Balaban J connectivity index is 1.34. The SMILES string of the molecule is CN(C)CCN1CCN2c3ccc([N+](=O)[O-])cc3CC(C(=O)N3CCN(c4cccc(C(F)(F)F)c4)CC3)C2C1. The molecule has 2 aromatic rings. The highest BCUT2D eigenvalue weighted by molar-refractivity contribution is 5.83. The van der Waals surface area contributed by atoms with Gasteiger partial charge in [-0.1, -0.05) is 6.07 Å². The highest BCUT2D eigenvalue weighted by Crippen LogP contribution is 2.39. The zero-order valence-corrected chi connectivity index (χ0v) is 22.8. The molecule has 0 saturated carbocycles.